The second-order valence-electron chi connectivity index (χ2n) is 9.27. The minimum atomic E-state index is -4.71. The van der Waals surface area contributed by atoms with E-state index in [-0.39, 0.29) is 21.9 Å². The van der Waals surface area contributed by atoms with E-state index >= 15 is 0 Å². The molecule has 1 atom stereocenters. The van der Waals surface area contributed by atoms with E-state index in [0.717, 1.165) is 56.8 Å². The van der Waals surface area contributed by atoms with Crippen molar-refractivity contribution in [2.45, 2.75) is 32.1 Å². The fourth-order valence-corrected chi connectivity index (χ4v) is 5.22. The molecule has 2 amide bonds. The number of fused-ring (bicyclic) bond motifs is 1. The molecule has 1 aliphatic rings. The predicted molar refractivity (Wildman–Crippen MR) is 145 cm³/mol. The Kier molecular flexibility index (Phi) is 8.91. The van der Waals surface area contributed by atoms with E-state index in [0.29, 0.717) is 23.3 Å². The maximum Gasteiger partial charge on any atom is 0.418 e. The molecular weight excluding hydrogens is 601 g/mol. The molecule has 0 bridgehead atoms. The smallest absolute Gasteiger partial charge is 0.379 e. The Bertz CT molecular complexity index is 1590. The van der Waals surface area contributed by atoms with Crippen LogP contribution in [0.4, 0.5) is 19.0 Å². The lowest BCUT2D eigenvalue weighted by atomic mass is 10.2. The van der Waals surface area contributed by atoms with Gasteiger partial charge < -0.3 is 15.4 Å². The molecular formula is C24H24ClF3N10O3S. The normalized spacial score (nSPS) is 15.1. The lowest BCUT2D eigenvalue weighted by molar-refractivity contribution is -0.137. The van der Waals surface area contributed by atoms with Crippen molar-refractivity contribution >= 4 is 51.7 Å². The highest BCUT2D eigenvalue weighted by molar-refractivity contribution is 7.13. The molecule has 4 aromatic heterocycles. The van der Waals surface area contributed by atoms with Gasteiger partial charge in [-0.25, -0.2) is 24.6 Å². The van der Waals surface area contributed by atoms with E-state index in [1.807, 2.05) is 0 Å². The van der Waals surface area contributed by atoms with Crippen LogP contribution in [0.5, 0.6) is 0 Å². The molecule has 0 spiro atoms. The molecule has 0 aromatic carbocycles. The topological polar surface area (TPSA) is 153 Å². The Morgan fingerprint density at radius 1 is 1.12 bits per heavy atom. The number of morpholine rings is 1. The molecule has 42 heavy (non-hydrogen) atoms. The Labute approximate surface area is 245 Å². The molecule has 5 rings (SSSR count). The Morgan fingerprint density at radius 3 is 2.67 bits per heavy atom. The van der Waals surface area contributed by atoms with Crippen molar-refractivity contribution in [3.8, 4) is 0 Å². The lowest BCUT2D eigenvalue weighted by Gasteiger charge is -2.26. The first-order chi connectivity index (χ1) is 20.1. The quantitative estimate of drug-likeness (QED) is 0.284. The second-order valence-corrected chi connectivity index (χ2v) is 10.7. The van der Waals surface area contributed by atoms with E-state index < -0.39 is 34.6 Å². The van der Waals surface area contributed by atoms with Crippen LogP contribution in [-0.4, -0.2) is 84.5 Å². The van der Waals surface area contributed by atoms with Gasteiger partial charge in [0.15, 0.2) is 16.9 Å². The Hall–Kier alpha value is -3.80. The third kappa shape index (κ3) is 6.80. The summed E-state index contributed by atoms with van der Waals surface area (Å²) >= 11 is 6.54. The molecule has 4 aromatic rings. The van der Waals surface area contributed by atoms with Crippen molar-refractivity contribution in [2.75, 3.05) is 38.2 Å². The number of aryl methyl sites for hydroxylation is 1. The number of hydrogen-bond donors (Lipinski definition) is 2. The average Bonchev–Trinajstić information content (AvgIpc) is 3.62. The Balaban J connectivity index is 1.21. The molecule has 1 unspecified atom stereocenters. The molecule has 0 saturated carbocycles. The summed E-state index contributed by atoms with van der Waals surface area (Å²) < 4.78 is 46.4. The first kappa shape index (κ1) is 29.7. The van der Waals surface area contributed by atoms with Gasteiger partial charge in [0, 0.05) is 32.4 Å². The van der Waals surface area contributed by atoms with Gasteiger partial charge in [-0.15, -0.1) is 16.4 Å². The highest BCUT2D eigenvalue weighted by Gasteiger charge is 2.34. The molecule has 2 N–H and O–H groups in total. The monoisotopic (exact) mass is 624 g/mol. The van der Waals surface area contributed by atoms with Crippen LogP contribution >= 0.6 is 22.9 Å². The van der Waals surface area contributed by atoms with Crippen molar-refractivity contribution in [3.05, 3.63) is 51.0 Å². The number of amides is 2. The lowest BCUT2D eigenvalue weighted by Crippen LogP contribution is -2.37. The zero-order valence-electron chi connectivity index (χ0n) is 22.1. The molecule has 0 aliphatic carbocycles. The highest BCUT2D eigenvalue weighted by atomic mass is 35.5. The first-order valence-corrected chi connectivity index (χ1v) is 13.9. The molecule has 5 heterocycles. The second kappa shape index (κ2) is 12.6. The van der Waals surface area contributed by atoms with Gasteiger partial charge in [0.25, 0.3) is 11.8 Å². The number of rotatable bonds is 9. The van der Waals surface area contributed by atoms with E-state index in [2.05, 4.69) is 45.8 Å². The van der Waals surface area contributed by atoms with Gasteiger partial charge in [0.2, 0.25) is 0 Å². The summed E-state index contributed by atoms with van der Waals surface area (Å²) in [7, 11) is 0. The summed E-state index contributed by atoms with van der Waals surface area (Å²) in [6.45, 7) is 6.31. The van der Waals surface area contributed by atoms with Gasteiger partial charge in [0.05, 0.1) is 36.0 Å². The minimum Gasteiger partial charge on any atom is -0.379 e. The largest absolute Gasteiger partial charge is 0.418 e. The standard InChI is InChI=1S/C24H24ClF3N10O3S/c1-13(23-30-11-16(42-23)21(39)34-17-9-14(24(26,27)28)15(25)10-29-17)33-22(40)19-18-20(32-12-31-19)38(36-35-18)4-2-3-37-5-7-41-8-6-37/h9-13H,2-8H2,1H3,(H,33,40)(H,29,34,39). The summed E-state index contributed by atoms with van der Waals surface area (Å²) in [5.41, 5.74) is -0.401. The van der Waals surface area contributed by atoms with Crippen LogP contribution in [0.25, 0.3) is 11.2 Å². The number of anilines is 1. The molecule has 1 saturated heterocycles. The summed E-state index contributed by atoms with van der Waals surface area (Å²) in [6, 6.07) is 0.0106. The average molecular weight is 625 g/mol. The van der Waals surface area contributed by atoms with Gasteiger partial charge in [0.1, 0.15) is 22.0 Å². The third-order valence-electron chi connectivity index (χ3n) is 6.33. The molecule has 13 nitrogen and oxygen atoms in total. The van der Waals surface area contributed by atoms with E-state index in [1.54, 1.807) is 11.6 Å². The van der Waals surface area contributed by atoms with Crippen LogP contribution in [0.1, 0.15) is 50.1 Å². The highest BCUT2D eigenvalue weighted by Crippen LogP contribution is 2.35. The molecule has 1 aliphatic heterocycles. The molecule has 0 radical (unpaired) electrons. The van der Waals surface area contributed by atoms with Crippen LogP contribution in [0.3, 0.4) is 0 Å². The van der Waals surface area contributed by atoms with Crippen molar-refractivity contribution in [1.82, 2.24) is 45.1 Å². The number of nitrogens with one attached hydrogen (secondary N) is 2. The summed E-state index contributed by atoms with van der Waals surface area (Å²) in [6.07, 6.45) is -0.561. The van der Waals surface area contributed by atoms with Gasteiger partial charge in [-0.2, -0.15) is 13.2 Å². The van der Waals surface area contributed by atoms with E-state index in [1.165, 1.54) is 12.5 Å². The number of alkyl halides is 3. The van der Waals surface area contributed by atoms with Crippen LogP contribution < -0.4 is 10.6 Å². The number of ether oxygens (including phenoxy) is 1. The van der Waals surface area contributed by atoms with Crippen LogP contribution in [0, 0.1) is 0 Å². The fourth-order valence-electron chi connectivity index (χ4n) is 4.20. The van der Waals surface area contributed by atoms with Crippen LogP contribution in [-0.2, 0) is 17.5 Å². The fraction of sp³-hybridized carbons (Fsp3) is 0.417. The molecule has 222 valence electrons. The van der Waals surface area contributed by atoms with Gasteiger partial charge in [-0.05, 0) is 19.4 Å². The summed E-state index contributed by atoms with van der Waals surface area (Å²) in [4.78, 5) is 44.4. The van der Waals surface area contributed by atoms with E-state index in [9.17, 15) is 22.8 Å². The van der Waals surface area contributed by atoms with Crippen molar-refractivity contribution in [2.24, 2.45) is 0 Å². The Morgan fingerprint density at radius 2 is 1.90 bits per heavy atom. The summed E-state index contributed by atoms with van der Waals surface area (Å²) in [5.74, 6) is -1.58. The number of aromatic nitrogens is 7. The zero-order valence-corrected chi connectivity index (χ0v) is 23.6. The maximum atomic E-state index is 13.1. The zero-order chi connectivity index (χ0) is 29.9. The third-order valence-corrected chi connectivity index (χ3v) is 7.81. The number of pyridine rings is 1. The number of carbonyl (C=O) groups excluding carboxylic acids is 2. The van der Waals surface area contributed by atoms with Crippen molar-refractivity contribution < 1.29 is 27.5 Å². The number of carbonyl (C=O) groups is 2. The molecule has 1 fully saturated rings. The predicted octanol–water partition coefficient (Wildman–Crippen LogP) is 3.21. The number of hydrogen-bond acceptors (Lipinski definition) is 11. The molecule has 18 heteroatoms. The van der Waals surface area contributed by atoms with Gasteiger partial charge >= 0.3 is 6.18 Å². The van der Waals surface area contributed by atoms with Crippen LogP contribution in [0.2, 0.25) is 5.02 Å². The minimum absolute atomic E-state index is 0.0371. The van der Waals surface area contributed by atoms with Crippen molar-refractivity contribution in [1.29, 1.82) is 0 Å². The van der Waals surface area contributed by atoms with E-state index in [4.69, 9.17) is 16.3 Å². The van der Waals surface area contributed by atoms with Gasteiger partial charge in [-0.1, -0.05) is 16.8 Å². The first-order valence-electron chi connectivity index (χ1n) is 12.7. The van der Waals surface area contributed by atoms with Gasteiger partial charge in [-0.3, -0.25) is 14.5 Å². The van der Waals surface area contributed by atoms with Crippen molar-refractivity contribution in [3.63, 3.8) is 0 Å². The van der Waals surface area contributed by atoms with Crippen LogP contribution in [0.15, 0.2) is 24.8 Å². The summed E-state index contributed by atoms with van der Waals surface area (Å²) in [5, 5.41) is 13.1. The maximum absolute atomic E-state index is 13.1. The SMILES string of the molecule is CC(NC(=O)c1ncnc2c1nnn2CCCN1CCOCC1)c1ncc(C(=O)Nc2cc(C(F)(F)F)c(Cl)cn2)s1. The number of thiazole rings is 1. The number of halogens is 4. The number of nitrogens with zero attached hydrogens (tertiary/aromatic N) is 8.